The van der Waals surface area contributed by atoms with Gasteiger partial charge in [0.25, 0.3) is 0 Å². The molecule has 0 fully saturated rings. The number of aromatic nitrogens is 2. The number of carboxylic acid groups (broad SMARTS) is 1. The van der Waals surface area contributed by atoms with E-state index >= 15 is 0 Å². The van der Waals surface area contributed by atoms with E-state index < -0.39 is 22.0 Å². The van der Waals surface area contributed by atoms with Crippen molar-refractivity contribution in [3.63, 3.8) is 0 Å². The molecule has 0 aliphatic carbocycles. The third-order valence-corrected chi connectivity index (χ3v) is 3.39. The molecule has 8 heteroatoms. The van der Waals surface area contributed by atoms with E-state index in [1.165, 1.54) is 6.20 Å². The van der Waals surface area contributed by atoms with E-state index in [1.54, 1.807) is 6.92 Å². The molecule has 0 aromatic carbocycles. The second-order valence-electron chi connectivity index (χ2n) is 3.23. The van der Waals surface area contributed by atoms with Gasteiger partial charge in [0.05, 0.1) is 6.20 Å². The molecule has 0 saturated heterocycles. The van der Waals surface area contributed by atoms with Gasteiger partial charge in [-0.1, -0.05) is 13.3 Å². The first-order valence-corrected chi connectivity index (χ1v) is 6.19. The van der Waals surface area contributed by atoms with Crippen LogP contribution in [0.1, 0.15) is 19.8 Å². The van der Waals surface area contributed by atoms with E-state index in [2.05, 4.69) is 14.9 Å². The zero-order valence-electron chi connectivity index (χ0n) is 8.67. The molecule has 1 rings (SSSR count). The van der Waals surface area contributed by atoms with Gasteiger partial charge >= 0.3 is 5.97 Å². The van der Waals surface area contributed by atoms with E-state index in [4.69, 9.17) is 5.11 Å². The van der Waals surface area contributed by atoms with Gasteiger partial charge < -0.3 is 5.11 Å². The fourth-order valence-electron chi connectivity index (χ4n) is 1.16. The third-order valence-electron chi connectivity index (χ3n) is 1.96. The van der Waals surface area contributed by atoms with Crippen molar-refractivity contribution >= 4 is 16.0 Å². The fourth-order valence-corrected chi connectivity index (χ4v) is 2.29. The minimum Gasteiger partial charge on any atom is -0.480 e. The van der Waals surface area contributed by atoms with Gasteiger partial charge in [-0.25, -0.2) is 8.42 Å². The topological polar surface area (TPSA) is 112 Å². The van der Waals surface area contributed by atoms with Crippen LogP contribution in [0.3, 0.4) is 0 Å². The molecule has 1 heterocycles. The predicted molar refractivity (Wildman–Crippen MR) is 55.2 cm³/mol. The first-order valence-electron chi connectivity index (χ1n) is 4.71. The average Bonchev–Trinajstić information content (AvgIpc) is 2.69. The summed E-state index contributed by atoms with van der Waals surface area (Å²) >= 11 is 0. The zero-order chi connectivity index (χ0) is 12.2. The molecule has 16 heavy (non-hydrogen) atoms. The summed E-state index contributed by atoms with van der Waals surface area (Å²) in [5, 5.41) is 14.7. The van der Waals surface area contributed by atoms with E-state index in [-0.39, 0.29) is 11.3 Å². The number of nitrogens with one attached hydrogen (secondary N) is 2. The Bertz CT molecular complexity index is 440. The molecule has 0 aliphatic rings. The van der Waals surface area contributed by atoms with Gasteiger partial charge in [-0.15, -0.1) is 0 Å². The Labute approximate surface area is 92.9 Å². The second-order valence-corrected chi connectivity index (χ2v) is 4.95. The van der Waals surface area contributed by atoms with Crippen molar-refractivity contribution in [3.05, 3.63) is 12.4 Å². The molecule has 1 aromatic rings. The highest BCUT2D eigenvalue weighted by atomic mass is 32.2. The van der Waals surface area contributed by atoms with Crippen LogP contribution < -0.4 is 4.72 Å². The van der Waals surface area contributed by atoms with Gasteiger partial charge in [0.1, 0.15) is 10.9 Å². The Kier molecular flexibility index (Phi) is 4.02. The van der Waals surface area contributed by atoms with E-state index in [0.29, 0.717) is 6.42 Å². The minimum absolute atomic E-state index is 0.0742. The Hall–Kier alpha value is -1.41. The number of sulfonamides is 1. The number of nitrogens with zero attached hydrogens (tertiary/aromatic N) is 1. The van der Waals surface area contributed by atoms with Gasteiger partial charge in [-0.05, 0) is 6.42 Å². The van der Waals surface area contributed by atoms with Crippen molar-refractivity contribution in [1.29, 1.82) is 0 Å². The molecule has 1 aromatic heterocycles. The Balaban J connectivity index is 2.82. The Morgan fingerprint density at radius 2 is 2.38 bits per heavy atom. The summed E-state index contributed by atoms with van der Waals surface area (Å²) in [4.78, 5) is 10.7. The van der Waals surface area contributed by atoms with Crippen LogP contribution in [-0.2, 0) is 14.8 Å². The summed E-state index contributed by atoms with van der Waals surface area (Å²) in [6.45, 7) is 1.78. The highest BCUT2D eigenvalue weighted by Crippen LogP contribution is 2.07. The number of hydrogen-bond donors (Lipinski definition) is 3. The molecule has 0 radical (unpaired) electrons. The summed E-state index contributed by atoms with van der Waals surface area (Å²) in [6.07, 6.45) is 3.12. The number of aliphatic carboxylic acids is 1. The molecule has 0 unspecified atom stereocenters. The standard InChI is InChI=1S/C8H13N3O4S/c1-2-3-7(8(12)13)11-16(14,15)6-4-9-10-5-6/h4-5,7,11H,2-3H2,1H3,(H,9,10)(H,12,13)/t7-/m0/s1. The molecular weight excluding hydrogens is 234 g/mol. The lowest BCUT2D eigenvalue weighted by Crippen LogP contribution is -2.40. The summed E-state index contributed by atoms with van der Waals surface area (Å²) in [6, 6.07) is -1.11. The van der Waals surface area contributed by atoms with Crippen LogP contribution in [0.25, 0.3) is 0 Å². The van der Waals surface area contributed by atoms with Crippen molar-refractivity contribution < 1.29 is 18.3 Å². The molecule has 3 N–H and O–H groups in total. The quantitative estimate of drug-likeness (QED) is 0.652. The molecule has 0 bridgehead atoms. The lowest BCUT2D eigenvalue weighted by molar-refractivity contribution is -0.139. The molecule has 7 nitrogen and oxygen atoms in total. The maximum atomic E-state index is 11.6. The van der Waals surface area contributed by atoms with Crippen molar-refractivity contribution in [2.75, 3.05) is 0 Å². The SMILES string of the molecule is CCC[C@H](NS(=O)(=O)c1cn[nH]c1)C(=O)O. The van der Waals surface area contributed by atoms with Crippen LogP contribution in [0, 0.1) is 0 Å². The van der Waals surface area contributed by atoms with Gasteiger partial charge in [0.15, 0.2) is 0 Å². The van der Waals surface area contributed by atoms with Crippen molar-refractivity contribution in [2.45, 2.75) is 30.7 Å². The summed E-state index contributed by atoms with van der Waals surface area (Å²) in [5.74, 6) is -1.19. The van der Waals surface area contributed by atoms with Crippen LogP contribution in [0.2, 0.25) is 0 Å². The Morgan fingerprint density at radius 1 is 1.69 bits per heavy atom. The number of carbonyl (C=O) groups is 1. The highest BCUT2D eigenvalue weighted by Gasteiger charge is 2.24. The van der Waals surface area contributed by atoms with Crippen LogP contribution in [0.4, 0.5) is 0 Å². The molecular formula is C8H13N3O4S. The number of carboxylic acids is 1. The molecule has 0 amide bonds. The van der Waals surface area contributed by atoms with E-state index in [9.17, 15) is 13.2 Å². The monoisotopic (exact) mass is 247 g/mol. The number of H-pyrrole nitrogens is 1. The highest BCUT2D eigenvalue weighted by molar-refractivity contribution is 7.89. The van der Waals surface area contributed by atoms with E-state index in [1.807, 2.05) is 0 Å². The second kappa shape index (κ2) is 5.08. The van der Waals surface area contributed by atoms with E-state index in [0.717, 1.165) is 6.20 Å². The lowest BCUT2D eigenvalue weighted by atomic mass is 10.2. The summed E-state index contributed by atoms with van der Waals surface area (Å²) < 4.78 is 25.4. The third kappa shape index (κ3) is 3.04. The molecule has 1 atom stereocenters. The number of hydrogen-bond acceptors (Lipinski definition) is 4. The van der Waals surface area contributed by atoms with Crippen LogP contribution >= 0.6 is 0 Å². The first kappa shape index (κ1) is 12.7. The van der Waals surface area contributed by atoms with Gasteiger partial charge in [0.2, 0.25) is 10.0 Å². The Morgan fingerprint density at radius 3 is 2.81 bits per heavy atom. The minimum atomic E-state index is -3.81. The predicted octanol–water partition coefficient (Wildman–Crippen LogP) is -0.0587. The van der Waals surface area contributed by atoms with Crippen LogP contribution in [0.15, 0.2) is 17.3 Å². The van der Waals surface area contributed by atoms with Gasteiger partial charge in [-0.3, -0.25) is 9.89 Å². The smallest absolute Gasteiger partial charge is 0.321 e. The van der Waals surface area contributed by atoms with Crippen molar-refractivity contribution in [2.24, 2.45) is 0 Å². The van der Waals surface area contributed by atoms with Gasteiger partial charge in [0, 0.05) is 6.20 Å². The number of aromatic amines is 1. The van der Waals surface area contributed by atoms with Crippen LogP contribution in [0.5, 0.6) is 0 Å². The molecule has 90 valence electrons. The zero-order valence-corrected chi connectivity index (χ0v) is 9.49. The fraction of sp³-hybridized carbons (Fsp3) is 0.500. The molecule has 0 spiro atoms. The summed E-state index contributed by atoms with van der Waals surface area (Å²) in [5.41, 5.74) is 0. The summed E-state index contributed by atoms with van der Waals surface area (Å²) in [7, 11) is -3.81. The lowest BCUT2D eigenvalue weighted by Gasteiger charge is -2.12. The largest absolute Gasteiger partial charge is 0.480 e. The van der Waals surface area contributed by atoms with Gasteiger partial charge in [-0.2, -0.15) is 9.82 Å². The molecule has 0 saturated carbocycles. The normalized spacial score (nSPS) is 13.6. The number of rotatable bonds is 6. The maximum Gasteiger partial charge on any atom is 0.321 e. The van der Waals surface area contributed by atoms with Crippen LogP contribution in [-0.4, -0.2) is 35.7 Å². The average molecular weight is 247 g/mol. The maximum absolute atomic E-state index is 11.6. The van der Waals surface area contributed by atoms with Crippen molar-refractivity contribution in [3.8, 4) is 0 Å². The molecule has 0 aliphatic heterocycles. The first-order chi connectivity index (χ1) is 7.47. The van der Waals surface area contributed by atoms with Crippen molar-refractivity contribution in [1.82, 2.24) is 14.9 Å².